The predicted molar refractivity (Wildman–Crippen MR) is 86.3 cm³/mol. The smallest absolute Gasteiger partial charge is 0.232 e. The molecule has 0 amide bonds. The van der Waals surface area contributed by atoms with Gasteiger partial charge in [0.25, 0.3) is 0 Å². The fraction of sp³-hybridized carbons (Fsp3) is 0.267. The van der Waals surface area contributed by atoms with Crippen molar-refractivity contribution in [2.45, 2.75) is 13.8 Å². The van der Waals surface area contributed by atoms with E-state index in [0.29, 0.717) is 11.5 Å². The summed E-state index contributed by atoms with van der Waals surface area (Å²) in [6.07, 6.45) is 1.69. The summed E-state index contributed by atoms with van der Waals surface area (Å²) < 4.78 is 26.3. The summed E-state index contributed by atoms with van der Waals surface area (Å²) in [5, 5.41) is 0. The van der Waals surface area contributed by atoms with Crippen LogP contribution >= 0.6 is 0 Å². The van der Waals surface area contributed by atoms with Gasteiger partial charge in [-0.1, -0.05) is 26.0 Å². The molecule has 0 saturated carbocycles. The van der Waals surface area contributed by atoms with E-state index in [1.54, 1.807) is 24.4 Å². The van der Waals surface area contributed by atoms with Crippen molar-refractivity contribution in [1.29, 1.82) is 0 Å². The molecule has 21 heavy (non-hydrogen) atoms. The lowest BCUT2D eigenvalue weighted by Gasteiger charge is -2.10. The van der Waals surface area contributed by atoms with Crippen molar-refractivity contribution >= 4 is 21.5 Å². The Morgan fingerprint density at radius 2 is 1.71 bits per heavy atom. The van der Waals surface area contributed by atoms with Crippen LogP contribution in [0.2, 0.25) is 0 Å². The van der Waals surface area contributed by atoms with Gasteiger partial charge >= 0.3 is 0 Å². The molecule has 0 spiro atoms. The summed E-state index contributed by atoms with van der Waals surface area (Å²) in [7, 11) is -3.30. The van der Waals surface area contributed by atoms with Crippen LogP contribution < -0.4 is 10.5 Å². The van der Waals surface area contributed by atoms with Gasteiger partial charge in [0, 0.05) is 17.4 Å². The second-order valence-electron chi connectivity index (χ2n) is 5.33. The lowest BCUT2D eigenvalue weighted by atomic mass is 10.1. The number of aromatic nitrogens is 1. The Balaban J connectivity index is 2.14. The molecule has 2 aromatic rings. The SMILES string of the molecule is CC(C)CS(=O)(=O)Nc1ccc(-c2ccc(N)nc2)cc1. The van der Waals surface area contributed by atoms with Gasteiger partial charge in [0.1, 0.15) is 5.82 Å². The summed E-state index contributed by atoms with van der Waals surface area (Å²) >= 11 is 0. The van der Waals surface area contributed by atoms with Crippen molar-refractivity contribution in [2.24, 2.45) is 5.92 Å². The van der Waals surface area contributed by atoms with Gasteiger partial charge in [-0.3, -0.25) is 4.72 Å². The predicted octanol–water partition coefficient (Wildman–Crippen LogP) is 2.73. The van der Waals surface area contributed by atoms with Crippen LogP contribution in [0.4, 0.5) is 11.5 Å². The van der Waals surface area contributed by atoms with E-state index in [1.807, 2.05) is 32.0 Å². The Morgan fingerprint density at radius 3 is 2.24 bits per heavy atom. The Morgan fingerprint density at radius 1 is 1.10 bits per heavy atom. The van der Waals surface area contributed by atoms with E-state index in [-0.39, 0.29) is 11.7 Å². The zero-order valence-corrected chi connectivity index (χ0v) is 12.9. The average Bonchev–Trinajstić information content (AvgIpc) is 2.38. The number of nitrogens with two attached hydrogens (primary N) is 1. The van der Waals surface area contributed by atoms with Crippen LogP contribution in [0.5, 0.6) is 0 Å². The minimum absolute atomic E-state index is 0.0858. The molecule has 0 aliphatic heterocycles. The van der Waals surface area contributed by atoms with Gasteiger partial charge in [-0.05, 0) is 35.7 Å². The second-order valence-corrected chi connectivity index (χ2v) is 7.09. The van der Waals surface area contributed by atoms with Crippen LogP contribution in [-0.2, 0) is 10.0 Å². The van der Waals surface area contributed by atoms with Crippen molar-refractivity contribution in [3.05, 3.63) is 42.6 Å². The first kappa shape index (κ1) is 15.3. The lowest BCUT2D eigenvalue weighted by Crippen LogP contribution is -2.19. The van der Waals surface area contributed by atoms with Crippen molar-refractivity contribution in [1.82, 2.24) is 4.98 Å². The second kappa shape index (κ2) is 6.13. The maximum atomic E-state index is 11.9. The molecule has 0 fully saturated rings. The lowest BCUT2D eigenvalue weighted by molar-refractivity contribution is 0.587. The highest BCUT2D eigenvalue weighted by Crippen LogP contribution is 2.22. The van der Waals surface area contributed by atoms with Gasteiger partial charge in [0.2, 0.25) is 10.0 Å². The van der Waals surface area contributed by atoms with Crippen molar-refractivity contribution in [2.75, 3.05) is 16.2 Å². The molecule has 1 aromatic carbocycles. The molecule has 2 rings (SSSR count). The van der Waals surface area contributed by atoms with E-state index in [2.05, 4.69) is 9.71 Å². The molecule has 3 N–H and O–H groups in total. The number of benzene rings is 1. The number of anilines is 2. The molecule has 0 radical (unpaired) electrons. The van der Waals surface area contributed by atoms with E-state index in [1.165, 1.54) is 0 Å². The standard InChI is InChI=1S/C15H19N3O2S/c1-11(2)10-21(19,20)18-14-6-3-12(4-7-14)13-5-8-15(16)17-9-13/h3-9,11,18H,10H2,1-2H3,(H2,16,17). The van der Waals surface area contributed by atoms with E-state index in [9.17, 15) is 8.42 Å². The van der Waals surface area contributed by atoms with Gasteiger partial charge in [-0.2, -0.15) is 0 Å². The van der Waals surface area contributed by atoms with Crippen LogP contribution in [-0.4, -0.2) is 19.2 Å². The maximum Gasteiger partial charge on any atom is 0.232 e. The van der Waals surface area contributed by atoms with Gasteiger partial charge < -0.3 is 5.73 Å². The molecule has 0 atom stereocenters. The fourth-order valence-corrected chi connectivity index (χ4v) is 3.42. The third-order valence-electron chi connectivity index (χ3n) is 2.83. The van der Waals surface area contributed by atoms with Crippen LogP contribution in [0.3, 0.4) is 0 Å². The van der Waals surface area contributed by atoms with Gasteiger partial charge in [0.05, 0.1) is 5.75 Å². The summed E-state index contributed by atoms with van der Waals surface area (Å²) in [5.74, 6) is 0.663. The molecule has 0 unspecified atom stereocenters. The fourth-order valence-electron chi connectivity index (χ4n) is 1.97. The molecule has 5 nitrogen and oxygen atoms in total. The molecule has 0 aliphatic carbocycles. The molecule has 112 valence electrons. The number of nitrogen functional groups attached to an aromatic ring is 1. The molecule has 0 bridgehead atoms. The number of pyridine rings is 1. The Kier molecular flexibility index (Phi) is 4.47. The summed E-state index contributed by atoms with van der Waals surface area (Å²) in [5.41, 5.74) is 7.99. The Labute approximate surface area is 125 Å². The first-order valence-corrected chi connectivity index (χ1v) is 8.33. The zero-order valence-electron chi connectivity index (χ0n) is 12.1. The first-order chi connectivity index (χ1) is 9.85. The maximum absolute atomic E-state index is 11.9. The summed E-state index contributed by atoms with van der Waals surface area (Å²) in [6, 6.07) is 10.8. The Bertz CT molecular complexity index is 693. The van der Waals surface area contributed by atoms with Crippen molar-refractivity contribution in [3.8, 4) is 11.1 Å². The number of hydrogen-bond acceptors (Lipinski definition) is 4. The topological polar surface area (TPSA) is 85.1 Å². The van der Waals surface area contributed by atoms with E-state index >= 15 is 0 Å². The largest absolute Gasteiger partial charge is 0.384 e. The highest BCUT2D eigenvalue weighted by atomic mass is 32.2. The molecule has 1 heterocycles. The van der Waals surface area contributed by atoms with Gasteiger partial charge in [-0.25, -0.2) is 13.4 Å². The van der Waals surface area contributed by atoms with Crippen molar-refractivity contribution < 1.29 is 8.42 Å². The van der Waals surface area contributed by atoms with Gasteiger partial charge in [-0.15, -0.1) is 0 Å². The van der Waals surface area contributed by atoms with Crippen LogP contribution in [0.15, 0.2) is 42.6 Å². The number of hydrogen-bond donors (Lipinski definition) is 2. The number of nitrogens with zero attached hydrogens (tertiary/aromatic N) is 1. The van der Waals surface area contributed by atoms with E-state index in [0.717, 1.165) is 11.1 Å². The zero-order chi connectivity index (χ0) is 15.5. The molecular formula is C15H19N3O2S. The Hall–Kier alpha value is -2.08. The molecule has 6 heteroatoms. The van der Waals surface area contributed by atoms with Crippen LogP contribution in [0, 0.1) is 5.92 Å². The monoisotopic (exact) mass is 305 g/mol. The minimum Gasteiger partial charge on any atom is -0.384 e. The number of rotatable bonds is 5. The first-order valence-electron chi connectivity index (χ1n) is 6.68. The van der Waals surface area contributed by atoms with Crippen LogP contribution in [0.25, 0.3) is 11.1 Å². The van der Waals surface area contributed by atoms with Crippen molar-refractivity contribution in [3.63, 3.8) is 0 Å². The minimum atomic E-state index is -3.30. The van der Waals surface area contributed by atoms with E-state index < -0.39 is 10.0 Å². The van der Waals surface area contributed by atoms with Crippen LogP contribution in [0.1, 0.15) is 13.8 Å². The average molecular weight is 305 g/mol. The quantitative estimate of drug-likeness (QED) is 0.889. The number of sulfonamides is 1. The molecule has 0 saturated heterocycles. The van der Waals surface area contributed by atoms with Gasteiger partial charge in [0.15, 0.2) is 0 Å². The normalized spacial score (nSPS) is 11.6. The highest BCUT2D eigenvalue weighted by Gasteiger charge is 2.12. The molecular weight excluding hydrogens is 286 g/mol. The third kappa shape index (κ3) is 4.46. The van der Waals surface area contributed by atoms with E-state index in [4.69, 9.17) is 5.73 Å². The summed E-state index contributed by atoms with van der Waals surface area (Å²) in [4.78, 5) is 4.04. The number of nitrogens with one attached hydrogen (secondary N) is 1. The highest BCUT2D eigenvalue weighted by molar-refractivity contribution is 7.92. The third-order valence-corrected chi connectivity index (χ3v) is 4.48. The molecule has 1 aromatic heterocycles. The molecule has 0 aliphatic rings. The summed E-state index contributed by atoms with van der Waals surface area (Å²) in [6.45, 7) is 3.74.